The fourth-order valence-corrected chi connectivity index (χ4v) is 3.50. The zero-order valence-corrected chi connectivity index (χ0v) is 16.1. The molecule has 0 spiro atoms. The average molecular weight is 456 g/mol. The van der Waals surface area contributed by atoms with Gasteiger partial charge in [0.1, 0.15) is 0 Å². The Kier molecular flexibility index (Phi) is 5.97. The quantitative estimate of drug-likeness (QED) is 0.714. The molecule has 24 heavy (non-hydrogen) atoms. The van der Waals surface area contributed by atoms with Crippen LogP contribution in [0.15, 0.2) is 48.5 Å². The van der Waals surface area contributed by atoms with Crippen molar-refractivity contribution in [3.63, 3.8) is 0 Å². The van der Waals surface area contributed by atoms with Gasteiger partial charge in [-0.1, -0.05) is 29.8 Å². The Bertz CT molecular complexity index is 717. The van der Waals surface area contributed by atoms with Crippen molar-refractivity contribution in [1.82, 2.24) is 4.90 Å². The molecule has 0 saturated carbocycles. The van der Waals surface area contributed by atoms with Gasteiger partial charge in [0.15, 0.2) is 0 Å². The van der Waals surface area contributed by atoms with Crippen molar-refractivity contribution in [2.75, 3.05) is 42.9 Å². The molecule has 6 heteroatoms. The third-order valence-electron chi connectivity index (χ3n) is 4.06. The second-order valence-corrected chi connectivity index (χ2v) is 7.37. The van der Waals surface area contributed by atoms with E-state index in [0.717, 1.165) is 46.1 Å². The first-order chi connectivity index (χ1) is 11.6. The highest BCUT2D eigenvalue weighted by Gasteiger charge is 2.19. The number of nitrogens with zero attached hydrogens (tertiary/aromatic N) is 2. The lowest BCUT2D eigenvalue weighted by Crippen LogP contribution is -2.48. The van der Waals surface area contributed by atoms with Gasteiger partial charge in [-0.3, -0.25) is 9.69 Å². The molecule has 0 bridgehead atoms. The number of amides is 1. The minimum absolute atomic E-state index is 0.0373. The van der Waals surface area contributed by atoms with E-state index in [2.05, 4.69) is 43.8 Å². The third kappa shape index (κ3) is 4.62. The van der Waals surface area contributed by atoms with Crippen molar-refractivity contribution in [1.29, 1.82) is 0 Å². The fourth-order valence-electron chi connectivity index (χ4n) is 2.79. The summed E-state index contributed by atoms with van der Waals surface area (Å²) in [4.78, 5) is 16.7. The topological polar surface area (TPSA) is 35.6 Å². The van der Waals surface area contributed by atoms with Crippen LogP contribution in [0, 0.1) is 3.57 Å². The van der Waals surface area contributed by atoms with Gasteiger partial charge in [-0.25, -0.2) is 0 Å². The van der Waals surface area contributed by atoms with E-state index in [-0.39, 0.29) is 5.91 Å². The number of nitrogens with one attached hydrogen (secondary N) is 1. The Labute approximate surface area is 160 Å². The summed E-state index contributed by atoms with van der Waals surface area (Å²) >= 11 is 8.29. The third-order valence-corrected chi connectivity index (χ3v) is 5.24. The predicted molar refractivity (Wildman–Crippen MR) is 108 cm³/mol. The molecule has 1 saturated heterocycles. The van der Waals surface area contributed by atoms with E-state index >= 15 is 0 Å². The van der Waals surface area contributed by atoms with Gasteiger partial charge in [0.2, 0.25) is 5.91 Å². The molecule has 1 aliphatic heterocycles. The van der Waals surface area contributed by atoms with Crippen LogP contribution in [0.3, 0.4) is 0 Å². The van der Waals surface area contributed by atoms with Crippen LogP contribution in [0.1, 0.15) is 0 Å². The Morgan fingerprint density at radius 1 is 1.08 bits per heavy atom. The summed E-state index contributed by atoms with van der Waals surface area (Å²) in [5.41, 5.74) is 2.02. The second-order valence-electron chi connectivity index (χ2n) is 5.77. The van der Waals surface area contributed by atoms with Crippen molar-refractivity contribution in [3.05, 3.63) is 57.1 Å². The lowest BCUT2D eigenvalue weighted by atomic mass is 10.2. The molecule has 4 nitrogen and oxygen atoms in total. The highest BCUT2D eigenvalue weighted by molar-refractivity contribution is 14.1. The van der Waals surface area contributed by atoms with E-state index in [4.69, 9.17) is 11.6 Å². The largest absolute Gasteiger partial charge is 0.369 e. The van der Waals surface area contributed by atoms with E-state index in [9.17, 15) is 4.79 Å². The van der Waals surface area contributed by atoms with Gasteiger partial charge in [0, 0.05) is 40.5 Å². The first kappa shape index (κ1) is 17.5. The van der Waals surface area contributed by atoms with Gasteiger partial charge in [-0.05, 0) is 52.9 Å². The molecule has 3 rings (SSSR count). The monoisotopic (exact) mass is 455 g/mol. The molecule has 0 unspecified atom stereocenters. The van der Waals surface area contributed by atoms with Gasteiger partial charge in [-0.15, -0.1) is 0 Å². The number of anilines is 2. The molecule has 1 amide bonds. The summed E-state index contributed by atoms with van der Waals surface area (Å²) in [6.07, 6.45) is 0. The minimum atomic E-state index is 0.0373. The molecule has 0 atom stereocenters. The molecule has 1 fully saturated rings. The number of carbonyl (C=O) groups is 1. The van der Waals surface area contributed by atoms with Crippen molar-refractivity contribution in [2.24, 2.45) is 0 Å². The first-order valence-electron chi connectivity index (χ1n) is 7.89. The summed E-state index contributed by atoms with van der Waals surface area (Å²) in [6, 6.07) is 15.7. The SMILES string of the molecule is O=C(CN1CCN(c2cccc(Cl)c2)CC1)Nc1ccccc1I. The van der Waals surface area contributed by atoms with Crippen LogP contribution < -0.4 is 10.2 Å². The molecule has 126 valence electrons. The van der Waals surface area contributed by atoms with Crippen molar-refractivity contribution in [2.45, 2.75) is 0 Å². The number of rotatable bonds is 4. The van der Waals surface area contributed by atoms with Crippen LogP contribution in [-0.2, 0) is 4.79 Å². The maximum Gasteiger partial charge on any atom is 0.238 e. The van der Waals surface area contributed by atoms with Gasteiger partial charge in [0.25, 0.3) is 0 Å². The standard InChI is InChI=1S/C18H19ClIN3O/c19-14-4-3-5-15(12-14)23-10-8-22(9-11-23)13-18(24)21-17-7-2-1-6-16(17)20/h1-7,12H,8-11,13H2,(H,21,24). The first-order valence-corrected chi connectivity index (χ1v) is 9.35. The van der Waals surface area contributed by atoms with Gasteiger partial charge in [-0.2, -0.15) is 0 Å². The van der Waals surface area contributed by atoms with Gasteiger partial charge < -0.3 is 10.2 Å². The molecule has 1 heterocycles. The van der Waals surface area contributed by atoms with Gasteiger partial charge in [0.05, 0.1) is 12.2 Å². The highest BCUT2D eigenvalue weighted by atomic mass is 127. The number of hydrogen-bond acceptors (Lipinski definition) is 3. The van der Waals surface area contributed by atoms with Crippen LogP contribution in [0.5, 0.6) is 0 Å². The number of para-hydroxylation sites is 1. The molecule has 2 aromatic carbocycles. The number of piperazine rings is 1. The summed E-state index contributed by atoms with van der Waals surface area (Å²) in [5, 5.41) is 3.74. The van der Waals surface area contributed by atoms with E-state index in [1.54, 1.807) is 0 Å². The fraction of sp³-hybridized carbons (Fsp3) is 0.278. The zero-order valence-electron chi connectivity index (χ0n) is 13.2. The van der Waals surface area contributed by atoms with E-state index in [1.807, 2.05) is 42.5 Å². The molecule has 0 aliphatic carbocycles. The van der Waals surface area contributed by atoms with E-state index in [1.165, 1.54) is 0 Å². The maximum absolute atomic E-state index is 12.2. The summed E-state index contributed by atoms with van der Waals surface area (Å²) in [6.45, 7) is 3.96. The average Bonchev–Trinajstić information content (AvgIpc) is 2.58. The minimum Gasteiger partial charge on any atom is -0.369 e. The Morgan fingerprint density at radius 3 is 2.54 bits per heavy atom. The van der Waals surface area contributed by atoms with Crippen LogP contribution in [0.25, 0.3) is 0 Å². The van der Waals surface area contributed by atoms with Crippen molar-refractivity contribution < 1.29 is 4.79 Å². The van der Waals surface area contributed by atoms with E-state index < -0.39 is 0 Å². The summed E-state index contributed by atoms with van der Waals surface area (Å²) < 4.78 is 1.05. The summed E-state index contributed by atoms with van der Waals surface area (Å²) in [7, 11) is 0. The highest BCUT2D eigenvalue weighted by Crippen LogP contribution is 2.21. The van der Waals surface area contributed by atoms with Crippen LogP contribution in [-0.4, -0.2) is 43.5 Å². The van der Waals surface area contributed by atoms with E-state index in [0.29, 0.717) is 6.54 Å². The van der Waals surface area contributed by atoms with Crippen LogP contribution in [0.2, 0.25) is 5.02 Å². The number of hydrogen-bond donors (Lipinski definition) is 1. The van der Waals surface area contributed by atoms with Crippen molar-refractivity contribution in [3.8, 4) is 0 Å². The molecule has 0 radical (unpaired) electrons. The van der Waals surface area contributed by atoms with Crippen LogP contribution in [0.4, 0.5) is 11.4 Å². The molecule has 1 aliphatic rings. The lowest BCUT2D eigenvalue weighted by molar-refractivity contribution is -0.117. The lowest BCUT2D eigenvalue weighted by Gasteiger charge is -2.35. The Balaban J connectivity index is 1.50. The molecule has 1 N–H and O–H groups in total. The molecule has 0 aromatic heterocycles. The maximum atomic E-state index is 12.2. The Morgan fingerprint density at radius 2 is 1.83 bits per heavy atom. The van der Waals surface area contributed by atoms with Crippen molar-refractivity contribution >= 4 is 51.5 Å². The zero-order chi connectivity index (χ0) is 16.9. The molecular formula is C18H19ClIN3O. The summed E-state index contributed by atoms with van der Waals surface area (Å²) in [5.74, 6) is 0.0373. The number of benzene rings is 2. The van der Waals surface area contributed by atoms with Gasteiger partial charge >= 0.3 is 0 Å². The number of halogens is 2. The predicted octanol–water partition coefficient (Wildman–Crippen LogP) is 3.71. The second kappa shape index (κ2) is 8.18. The Hall–Kier alpha value is -1.31. The van der Waals surface area contributed by atoms with Crippen LogP contribution >= 0.6 is 34.2 Å². The normalized spacial score (nSPS) is 15.3. The smallest absolute Gasteiger partial charge is 0.238 e. The molecule has 2 aromatic rings. The molecular weight excluding hydrogens is 437 g/mol. The number of carbonyl (C=O) groups excluding carboxylic acids is 1.